The fourth-order valence-electron chi connectivity index (χ4n) is 2.73. The van der Waals surface area contributed by atoms with Crippen LogP contribution in [-0.2, 0) is 6.61 Å². The molecule has 0 heterocycles. The summed E-state index contributed by atoms with van der Waals surface area (Å²) in [6, 6.07) is 16.1. The van der Waals surface area contributed by atoms with Gasteiger partial charge in [0.05, 0.1) is 22.0 Å². The highest BCUT2D eigenvalue weighted by Crippen LogP contribution is 2.35. The topological polar surface area (TPSA) is 59.9 Å². The molecule has 0 aliphatic heterocycles. The van der Waals surface area contributed by atoms with E-state index >= 15 is 0 Å². The smallest absolute Gasteiger partial charge is 0.272 e. The number of hydrogen-bond donors (Lipinski definition) is 1. The molecule has 3 rings (SSSR count). The molecule has 32 heavy (non-hydrogen) atoms. The Hall–Kier alpha value is -1.81. The van der Waals surface area contributed by atoms with Gasteiger partial charge in [0.25, 0.3) is 5.91 Å². The molecule has 5 nitrogen and oxygen atoms in total. The van der Waals surface area contributed by atoms with Crippen molar-refractivity contribution in [2.75, 3.05) is 6.61 Å². The number of halogens is 4. The lowest BCUT2D eigenvalue weighted by molar-refractivity contribution is 0.0954. The Kier molecular flexibility index (Phi) is 9.22. The Morgan fingerprint density at radius 2 is 1.94 bits per heavy atom. The van der Waals surface area contributed by atoms with Crippen LogP contribution in [0.25, 0.3) is 0 Å². The van der Waals surface area contributed by atoms with E-state index in [4.69, 9.17) is 32.7 Å². The van der Waals surface area contributed by atoms with Gasteiger partial charge in [0.1, 0.15) is 6.61 Å². The molecular formula is C23H18BrCl2IN2O3. The van der Waals surface area contributed by atoms with E-state index in [2.05, 4.69) is 49.0 Å². The highest BCUT2D eigenvalue weighted by atomic mass is 127. The molecule has 0 radical (unpaired) electrons. The third kappa shape index (κ3) is 6.60. The molecular weight excluding hydrogens is 630 g/mol. The van der Waals surface area contributed by atoms with Gasteiger partial charge >= 0.3 is 0 Å². The number of amides is 1. The van der Waals surface area contributed by atoms with Crippen LogP contribution in [0.1, 0.15) is 28.4 Å². The first-order chi connectivity index (χ1) is 15.4. The van der Waals surface area contributed by atoms with Crippen molar-refractivity contribution in [2.45, 2.75) is 13.5 Å². The number of carbonyl (C=O) groups excluding carboxylic acids is 1. The lowest BCUT2D eigenvalue weighted by Crippen LogP contribution is -2.18. The first kappa shape index (κ1) is 24.8. The minimum Gasteiger partial charge on any atom is -0.490 e. The second-order valence-electron chi connectivity index (χ2n) is 6.47. The molecule has 1 N–H and O–H groups in total. The van der Waals surface area contributed by atoms with Gasteiger partial charge in [0.15, 0.2) is 11.5 Å². The zero-order valence-electron chi connectivity index (χ0n) is 16.9. The predicted molar refractivity (Wildman–Crippen MR) is 140 cm³/mol. The highest BCUT2D eigenvalue weighted by Gasteiger charge is 2.13. The molecule has 0 saturated carbocycles. The molecule has 0 fully saturated rings. The standard InChI is InChI=1S/C23H18BrCl2IN2O3/c1-2-31-21-10-14(12-28-29-23(30)17-5-3-4-6-18(17)24)9-20(27)22(21)32-13-15-7-8-16(25)11-19(15)26/h3-12H,2,13H2,1H3,(H,29,30)/b28-12-. The maximum absolute atomic E-state index is 12.3. The lowest BCUT2D eigenvalue weighted by atomic mass is 10.2. The number of rotatable bonds is 8. The van der Waals surface area contributed by atoms with Crippen molar-refractivity contribution < 1.29 is 14.3 Å². The first-order valence-electron chi connectivity index (χ1n) is 9.50. The summed E-state index contributed by atoms with van der Waals surface area (Å²) in [7, 11) is 0. The van der Waals surface area contributed by atoms with Gasteiger partial charge in [0, 0.05) is 20.1 Å². The first-order valence-corrected chi connectivity index (χ1v) is 12.1. The molecule has 0 saturated heterocycles. The van der Waals surface area contributed by atoms with Crippen LogP contribution in [0.5, 0.6) is 11.5 Å². The maximum atomic E-state index is 12.3. The number of nitrogens with zero attached hydrogens (tertiary/aromatic N) is 1. The quantitative estimate of drug-likeness (QED) is 0.161. The van der Waals surface area contributed by atoms with Gasteiger partial charge in [-0.1, -0.05) is 41.4 Å². The lowest BCUT2D eigenvalue weighted by Gasteiger charge is -2.15. The van der Waals surface area contributed by atoms with Crippen molar-refractivity contribution >= 4 is 73.8 Å². The summed E-state index contributed by atoms with van der Waals surface area (Å²) in [5.41, 5.74) is 4.60. The number of hydrazone groups is 1. The molecule has 0 aliphatic rings. The van der Waals surface area contributed by atoms with E-state index in [-0.39, 0.29) is 12.5 Å². The SMILES string of the molecule is CCOc1cc(/C=N\NC(=O)c2ccccc2Br)cc(I)c1OCc1ccc(Cl)cc1Cl. The zero-order chi connectivity index (χ0) is 23.1. The van der Waals surface area contributed by atoms with Gasteiger partial charge in [-0.15, -0.1) is 0 Å². The molecule has 9 heteroatoms. The fraction of sp³-hybridized carbons (Fsp3) is 0.130. The van der Waals surface area contributed by atoms with Crippen LogP contribution in [-0.4, -0.2) is 18.7 Å². The maximum Gasteiger partial charge on any atom is 0.272 e. The summed E-state index contributed by atoms with van der Waals surface area (Å²) in [4.78, 5) is 12.3. The van der Waals surface area contributed by atoms with Crippen molar-refractivity contribution in [3.05, 3.63) is 89.4 Å². The van der Waals surface area contributed by atoms with Crippen molar-refractivity contribution in [3.63, 3.8) is 0 Å². The van der Waals surface area contributed by atoms with E-state index in [1.165, 1.54) is 0 Å². The molecule has 0 aromatic heterocycles. The molecule has 0 unspecified atom stereocenters. The Labute approximate surface area is 218 Å². The fourth-order valence-corrected chi connectivity index (χ4v) is 4.43. The van der Waals surface area contributed by atoms with E-state index in [1.807, 2.05) is 25.1 Å². The van der Waals surface area contributed by atoms with Gasteiger partial charge in [-0.3, -0.25) is 4.79 Å². The van der Waals surface area contributed by atoms with E-state index in [9.17, 15) is 4.79 Å². The van der Waals surface area contributed by atoms with Crippen LogP contribution in [0.4, 0.5) is 0 Å². The van der Waals surface area contributed by atoms with Gasteiger partial charge in [-0.2, -0.15) is 5.10 Å². The van der Waals surface area contributed by atoms with Gasteiger partial charge in [-0.25, -0.2) is 5.43 Å². The minimum absolute atomic E-state index is 0.265. The molecule has 0 bridgehead atoms. The number of hydrogen-bond acceptors (Lipinski definition) is 4. The van der Waals surface area contributed by atoms with Crippen molar-refractivity contribution in [1.82, 2.24) is 5.43 Å². The third-order valence-electron chi connectivity index (χ3n) is 4.22. The zero-order valence-corrected chi connectivity index (χ0v) is 22.1. The minimum atomic E-state index is -0.312. The monoisotopic (exact) mass is 646 g/mol. The molecule has 1 amide bonds. The van der Waals surface area contributed by atoms with Crippen LogP contribution in [0, 0.1) is 3.57 Å². The summed E-state index contributed by atoms with van der Waals surface area (Å²) in [6.45, 7) is 2.63. The number of nitrogens with one attached hydrogen (secondary N) is 1. The van der Waals surface area contributed by atoms with E-state index in [0.29, 0.717) is 38.2 Å². The van der Waals surface area contributed by atoms with Crippen LogP contribution in [0.3, 0.4) is 0 Å². The van der Waals surface area contributed by atoms with E-state index in [0.717, 1.165) is 14.7 Å². The van der Waals surface area contributed by atoms with E-state index in [1.54, 1.807) is 42.6 Å². The Balaban J connectivity index is 1.75. The molecule has 0 aliphatic carbocycles. The Morgan fingerprint density at radius 1 is 1.16 bits per heavy atom. The van der Waals surface area contributed by atoms with E-state index < -0.39 is 0 Å². The molecule has 0 spiro atoms. The second-order valence-corrected chi connectivity index (χ2v) is 9.33. The molecule has 3 aromatic rings. The van der Waals surface area contributed by atoms with Gasteiger partial charge in [-0.05, 0) is 87.4 Å². The molecule has 0 atom stereocenters. The van der Waals surface area contributed by atoms with Crippen molar-refractivity contribution in [1.29, 1.82) is 0 Å². The average Bonchev–Trinajstić information content (AvgIpc) is 2.75. The largest absolute Gasteiger partial charge is 0.490 e. The van der Waals surface area contributed by atoms with Crippen LogP contribution < -0.4 is 14.9 Å². The van der Waals surface area contributed by atoms with Gasteiger partial charge < -0.3 is 9.47 Å². The van der Waals surface area contributed by atoms with Gasteiger partial charge in [0.2, 0.25) is 0 Å². The Bertz CT molecular complexity index is 1160. The van der Waals surface area contributed by atoms with Crippen molar-refractivity contribution in [3.8, 4) is 11.5 Å². The van der Waals surface area contributed by atoms with Crippen molar-refractivity contribution in [2.24, 2.45) is 5.10 Å². The number of carbonyl (C=O) groups is 1. The summed E-state index contributed by atoms with van der Waals surface area (Å²) in [5, 5.41) is 5.17. The normalized spacial score (nSPS) is 10.9. The molecule has 166 valence electrons. The summed E-state index contributed by atoms with van der Waals surface area (Å²) < 4.78 is 13.3. The van der Waals surface area contributed by atoms with Crippen LogP contribution in [0.15, 0.2) is 64.2 Å². The molecule has 3 aromatic carbocycles. The second kappa shape index (κ2) is 11.9. The number of benzene rings is 3. The summed E-state index contributed by atoms with van der Waals surface area (Å²) in [6.07, 6.45) is 1.55. The third-order valence-corrected chi connectivity index (χ3v) is 6.30. The average molecular weight is 648 g/mol. The predicted octanol–water partition coefficient (Wildman–Crippen LogP) is 7.10. The van der Waals surface area contributed by atoms with Crippen LogP contribution in [0.2, 0.25) is 10.0 Å². The summed E-state index contributed by atoms with van der Waals surface area (Å²) in [5.74, 6) is 0.865. The highest BCUT2D eigenvalue weighted by molar-refractivity contribution is 14.1. The Morgan fingerprint density at radius 3 is 2.66 bits per heavy atom. The number of ether oxygens (including phenoxy) is 2. The summed E-state index contributed by atoms with van der Waals surface area (Å²) >= 11 is 17.7. The van der Waals surface area contributed by atoms with Crippen LogP contribution >= 0.6 is 61.7 Å².